The summed E-state index contributed by atoms with van der Waals surface area (Å²) in [7, 11) is 0. The number of benzene rings is 2. The largest absolute Gasteiger partial charge is 0.481 e. The zero-order valence-corrected chi connectivity index (χ0v) is 20.3. The van der Waals surface area contributed by atoms with E-state index in [-0.39, 0.29) is 23.2 Å². The number of hydrogen-bond donors (Lipinski definition) is 3. The number of ketones is 1. The van der Waals surface area contributed by atoms with Crippen molar-refractivity contribution in [2.24, 2.45) is 11.3 Å². The minimum atomic E-state index is -0.665. The number of aliphatic carboxylic acids is 1. The number of nitrogen functional groups attached to an aromatic ring is 1. The molecule has 1 saturated heterocycles. The number of fused-ring (bicyclic) bond motifs is 5. The number of carboxylic acid groups (broad SMARTS) is 1. The molecule has 2 unspecified atom stereocenters. The van der Waals surface area contributed by atoms with Crippen LogP contribution < -0.4 is 5.73 Å². The van der Waals surface area contributed by atoms with Crippen LogP contribution in [-0.4, -0.2) is 39.8 Å². The summed E-state index contributed by atoms with van der Waals surface area (Å²) in [6.45, 7) is 7.72. The van der Waals surface area contributed by atoms with Gasteiger partial charge >= 0.3 is 5.97 Å². The molecule has 1 fully saturated rings. The number of Topliss-reactive ketones (excluding diaryl/α,β-unsaturated/α-hetero) is 1. The highest BCUT2D eigenvalue weighted by Gasteiger charge is 2.52. The molecule has 2 aromatic carbocycles. The number of carbonyl (C=O) groups is 2. The van der Waals surface area contributed by atoms with Crippen LogP contribution in [0, 0.1) is 11.3 Å². The second kappa shape index (κ2) is 9.63. The molecule has 0 radical (unpaired) electrons. The summed E-state index contributed by atoms with van der Waals surface area (Å²) in [6.07, 6.45) is 4.04. The zero-order valence-electron chi connectivity index (χ0n) is 20.3. The van der Waals surface area contributed by atoms with Crippen LogP contribution in [-0.2, 0) is 11.2 Å². The van der Waals surface area contributed by atoms with Gasteiger partial charge < -0.3 is 15.8 Å². The topological polar surface area (TPSA) is 99.4 Å². The first-order chi connectivity index (χ1) is 16.3. The van der Waals surface area contributed by atoms with Crippen LogP contribution in [0.3, 0.4) is 0 Å². The maximum atomic E-state index is 11.9. The van der Waals surface area contributed by atoms with Gasteiger partial charge in [-0.3, -0.25) is 14.5 Å². The smallest absolute Gasteiger partial charge is 0.306 e. The third-order valence-electron chi connectivity index (χ3n) is 7.97. The minimum absolute atomic E-state index is 0.0694. The molecule has 34 heavy (non-hydrogen) atoms. The number of anilines is 1. The number of para-hydroxylation sites is 1. The molecule has 0 spiro atoms. The van der Waals surface area contributed by atoms with Crippen LogP contribution in [0.1, 0.15) is 67.7 Å². The molecule has 0 amide bonds. The van der Waals surface area contributed by atoms with Crippen molar-refractivity contribution in [2.45, 2.75) is 52.5 Å². The van der Waals surface area contributed by atoms with Crippen molar-refractivity contribution in [3.05, 3.63) is 65.4 Å². The van der Waals surface area contributed by atoms with Crippen molar-refractivity contribution in [1.29, 1.82) is 0 Å². The van der Waals surface area contributed by atoms with E-state index in [4.69, 9.17) is 5.73 Å². The number of piperidine rings is 1. The summed E-state index contributed by atoms with van der Waals surface area (Å²) >= 11 is 0. The molecule has 3 heterocycles. The van der Waals surface area contributed by atoms with Crippen molar-refractivity contribution in [1.82, 2.24) is 9.88 Å². The molecule has 0 saturated carbocycles. The van der Waals surface area contributed by atoms with Gasteiger partial charge in [-0.1, -0.05) is 32.0 Å². The van der Waals surface area contributed by atoms with E-state index in [0.717, 1.165) is 38.8 Å². The Morgan fingerprint density at radius 2 is 1.88 bits per heavy atom. The monoisotopic (exact) mass is 461 g/mol. The molecule has 1 aromatic heterocycles. The lowest BCUT2D eigenvalue weighted by Gasteiger charge is -2.53. The Hall–Kier alpha value is -3.12. The van der Waals surface area contributed by atoms with Gasteiger partial charge in [0.05, 0.1) is 12.0 Å². The van der Waals surface area contributed by atoms with Crippen molar-refractivity contribution in [3.63, 3.8) is 0 Å². The summed E-state index contributed by atoms with van der Waals surface area (Å²) in [5, 5.41) is 11.1. The SMILES string of the molecule is CC(=O)c1ccc(N)cc1.CC[C@@]1(C(C)C(=O)O)CCCN2CCc3c([nH]c4ccccc34)C21. The maximum absolute atomic E-state index is 11.9. The quantitative estimate of drug-likeness (QED) is 0.354. The van der Waals surface area contributed by atoms with Gasteiger partial charge in [-0.05, 0) is 75.0 Å². The molecular formula is C28H35N3O3. The van der Waals surface area contributed by atoms with Gasteiger partial charge in [0, 0.05) is 39.8 Å². The standard InChI is InChI=1S/C20H26N2O2.C8H9NO/c1-3-20(13(2)19(23)24)10-6-11-22-12-9-15-14-7-4-5-8-16(14)21-17(15)18(20)22;1-6(10)7-2-4-8(9)5-3-7/h4-5,7-8,13,18,21H,3,6,9-12H2,1-2H3,(H,23,24);2-5H,9H2,1H3/t13?,18?,20-;/m0./s1. The highest BCUT2D eigenvalue weighted by molar-refractivity contribution is 5.94. The van der Waals surface area contributed by atoms with Crippen molar-refractivity contribution < 1.29 is 14.7 Å². The number of aromatic amines is 1. The molecular weight excluding hydrogens is 426 g/mol. The number of nitrogens with two attached hydrogens (primary N) is 1. The summed E-state index contributed by atoms with van der Waals surface area (Å²) in [5.41, 5.74) is 10.5. The van der Waals surface area contributed by atoms with E-state index in [1.165, 1.54) is 29.1 Å². The van der Waals surface area contributed by atoms with Gasteiger partial charge in [-0.25, -0.2) is 0 Å². The molecule has 2 aliphatic heterocycles. The minimum Gasteiger partial charge on any atom is -0.481 e. The van der Waals surface area contributed by atoms with Crippen LogP contribution in [0.5, 0.6) is 0 Å². The first-order valence-corrected chi connectivity index (χ1v) is 12.2. The Kier molecular flexibility index (Phi) is 6.80. The average Bonchev–Trinajstić information content (AvgIpc) is 3.22. The Labute approximate surface area is 201 Å². The van der Waals surface area contributed by atoms with E-state index in [9.17, 15) is 14.7 Å². The summed E-state index contributed by atoms with van der Waals surface area (Å²) in [4.78, 5) is 28.8. The Bertz CT molecular complexity index is 1180. The summed E-state index contributed by atoms with van der Waals surface area (Å²) in [5.74, 6) is -0.936. The number of carbonyl (C=O) groups excluding carboxylic acids is 1. The number of rotatable bonds is 4. The van der Waals surface area contributed by atoms with E-state index >= 15 is 0 Å². The maximum Gasteiger partial charge on any atom is 0.306 e. The van der Waals surface area contributed by atoms with E-state index in [0.29, 0.717) is 11.3 Å². The molecule has 180 valence electrons. The molecule has 3 atom stereocenters. The second-order valence-corrected chi connectivity index (χ2v) is 9.68. The number of nitrogens with one attached hydrogen (secondary N) is 1. The molecule has 0 bridgehead atoms. The van der Waals surface area contributed by atoms with E-state index < -0.39 is 5.97 Å². The first-order valence-electron chi connectivity index (χ1n) is 12.2. The van der Waals surface area contributed by atoms with Crippen molar-refractivity contribution in [2.75, 3.05) is 18.8 Å². The van der Waals surface area contributed by atoms with Gasteiger partial charge in [-0.2, -0.15) is 0 Å². The highest BCUT2D eigenvalue weighted by atomic mass is 16.4. The Balaban J connectivity index is 0.000000231. The fourth-order valence-corrected chi connectivity index (χ4v) is 6.02. The highest BCUT2D eigenvalue weighted by Crippen LogP contribution is 2.55. The molecule has 6 nitrogen and oxygen atoms in total. The zero-order chi connectivity index (χ0) is 24.5. The predicted molar refractivity (Wildman–Crippen MR) is 136 cm³/mol. The van der Waals surface area contributed by atoms with Crippen LogP contribution >= 0.6 is 0 Å². The summed E-state index contributed by atoms with van der Waals surface area (Å²) in [6, 6.07) is 15.6. The van der Waals surface area contributed by atoms with E-state index in [1.807, 2.05) is 6.92 Å². The number of H-pyrrole nitrogens is 1. The molecule has 6 heteroatoms. The van der Waals surface area contributed by atoms with E-state index in [1.54, 1.807) is 24.3 Å². The molecule has 3 aromatic rings. The third kappa shape index (κ3) is 4.23. The second-order valence-electron chi connectivity index (χ2n) is 9.68. The molecule has 0 aliphatic carbocycles. The predicted octanol–water partition coefficient (Wildman–Crippen LogP) is 5.45. The molecule has 2 aliphatic rings. The number of aromatic nitrogens is 1. The van der Waals surface area contributed by atoms with Crippen LogP contribution in [0.15, 0.2) is 48.5 Å². The third-order valence-corrected chi connectivity index (χ3v) is 7.97. The first kappa shape index (κ1) is 24.0. The van der Waals surface area contributed by atoms with Crippen LogP contribution in [0.25, 0.3) is 10.9 Å². The lowest BCUT2D eigenvalue weighted by molar-refractivity contribution is -0.151. The van der Waals surface area contributed by atoms with Gasteiger partial charge in [0.1, 0.15) is 0 Å². The Morgan fingerprint density at radius 1 is 1.18 bits per heavy atom. The summed E-state index contributed by atoms with van der Waals surface area (Å²) < 4.78 is 0. The number of carboxylic acids is 1. The van der Waals surface area contributed by atoms with Crippen molar-refractivity contribution >= 4 is 28.3 Å². The number of hydrogen-bond acceptors (Lipinski definition) is 4. The van der Waals surface area contributed by atoms with Crippen LogP contribution in [0.4, 0.5) is 5.69 Å². The fourth-order valence-electron chi connectivity index (χ4n) is 6.02. The normalized spacial score (nSPS) is 22.7. The number of nitrogens with zero attached hydrogens (tertiary/aromatic N) is 1. The van der Waals surface area contributed by atoms with Crippen molar-refractivity contribution in [3.8, 4) is 0 Å². The lowest BCUT2D eigenvalue weighted by atomic mass is 9.61. The molecule has 4 N–H and O–H groups in total. The Morgan fingerprint density at radius 3 is 2.53 bits per heavy atom. The van der Waals surface area contributed by atoms with E-state index in [2.05, 4.69) is 41.1 Å². The van der Waals surface area contributed by atoms with Gasteiger partial charge in [0.2, 0.25) is 0 Å². The average molecular weight is 462 g/mol. The van der Waals surface area contributed by atoms with Gasteiger partial charge in [0.15, 0.2) is 5.78 Å². The molecule has 5 rings (SSSR count). The van der Waals surface area contributed by atoms with Crippen LogP contribution in [0.2, 0.25) is 0 Å². The fraction of sp³-hybridized carbons (Fsp3) is 0.429. The van der Waals surface area contributed by atoms with Gasteiger partial charge in [-0.15, -0.1) is 0 Å². The van der Waals surface area contributed by atoms with Gasteiger partial charge in [0.25, 0.3) is 0 Å². The lowest BCUT2D eigenvalue weighted by Crippen LogP contribution is -2.53.